The van der Waals surface area contributed by atoms with Crippen molar-refractivity contribution in [3.63, 3.8) is 0 Å². The second-order valence-corrected chi connectivity index (χ2v) is 8.09. The number of methoxy groups -OCH3 is 1. The Morgan fingerprint density at radius 3 is 2.61 bits per heavy atom. The molecule has 0 spiro atoms. The Balaban J connectivity index is 1.66. The molecule has 3 heterocycles. The first-order valence-electron chi connectivity index (χ1n) is 10.4. The number of hydrogen-bond acceptors (Lipinski definition) is 5. The van der Waals surface area contributed by atoms with Crippen LogP contribution in [0.1, 0.15) is 53.1 Å². The first-order chi connectivity index (χ1) is 15.2. The zero-order valence-electron chi connectivity index (χ0n) is 17.2. The average molecular weight is 436 g/mol. The fourth-order valence-electron chi connectivity index (χ4n) is 4.10. The fourth-order valence-corrected chi connectivity index (χ4v) is 4.27. The number of piperidine rings is 1. The predicted octanol–water partition coefficient (Wildman–Crippen LogP) is 4.04. The van der Waals surface area contributed by atoms with Crippen molar-refractivity contribution in [3.05, 3.63) is 76.3 Å². The van der Waals surface area contributed by atoms with Crippen LogP contribution < -0.4 is 0 Å². The normalized spacial score (nSPS) is 18.1. The Kier molecular flexibility index (Phi) is 5.29. The topological polar surface area (TPSA) is 72.6 Å². The summed E-state index contributed by atoms with van der Waals surface area (Å²) in [7, 11) is 1.57. The van der Waals surface area contributed by atoms with Gasteiger partial charge in [-0.1, -0.05) is 41.9 Å². The number of rotatable bonds is 3. The summed E-state index contributed by atoms with van der Waals surface area (Å²) < 4.78 is 7.34. The monoisotopic (exact) mass is 435 g/mol. The Hall–Kier alpha value is -3.03. The number of carbonyl (C=O) groups excluding carboxylic acids is 1. The van der Waals surface area contributed by atoms with Gasteiger partial charge in [0.25, 0.3) is 5.91 Å². The van der Waals surface area contributed by atoms with E-state index in [1.807, 2.05) is 47.4 Å². The van der Waals surface area contributed by atoms with E-state index in [1.165, 1.54) is 0 Å². The number of ether oxygens (including phenoxy) is 1. The molecular weight excluding hydrogens is 414 g/mol. The van der Waals surface area contributed by atoms with E-state index in [4.69, 9.17) is 21.3 Å². The Bertz CT molecular complexity index is 1150. The predicted molar refractivity (Wildman–Crippen MR) is 118 cm³/mol. The van der Waals surface area contributed by atoms with Gasteiger partial charge in [-0.2, -0.15) is 0 Å². The molecule has 0 N–H and O–H groups in total. The number of halogens is 1. The number of fused-ring (bicyclic) bond motifs is 3. The van der Waals surface area contributed by atoms with E-state index in [9.17, 15) is 4.79 Å². The molecule has 8 heteroatoms. The SMILES string of the molecule is COC1N=C(c2ccccc2)c2cc(Cl)ccc2-n2nc(C(=O)N3CCCCC3)nc21. The molecule has 1 amide bonds. The van der Waals surface area contributed by atoms with Crippen LogP contribution in [0.2, 0.25) is 5.02 Å². The molecule has 158 valence electrons. The van der Waals surface area contributed by atoms with Gasteiger partial charge in [-0.15, -0.1) is 5.10 Å². The third kappa shape index (κ3) is 3.64. The zero-order chi connectivity index (χ0) is 21.4. The molecule has 0 radical (unpaired) electrons. The molecule has 1 aromatic heterocycles. The second kappa shape index (κ2) is 8.24. The third-order valence-corrected chi connectivity index (χ3v) is 5.88. The van der Waals surface area contributed by atoms with Crippen LogP contribution in [0.15, 0.2) is 53.5 Å². The van der Waals surface area contributed by atoms with Crippen LogP contribution in [0.5, 0.6) is 0 Å². The summed E-state index contributed by atoms with van der Waals surface area (Å²) in [6, 6.07) is 15.4. The number of amides is 1. The standard InChI is InChI=1S/C23H22ClN5O2/c1-31-22-21-26-20(23(30)28-12-6-3-7-13-28)27-29(21)18-11-10-16(24)14-17(18)19(25-22)15-8-4-2-5-9-15/h2,4-5,8-11,14,22H,3,6-7,12-13H2,1H3. The number of aromatic nitrogens is 3. The smallest absolute Gasteiger partial charge is 0.293 e. The molecule has 1 saturated heterocycles. The Morgan fingerprint density at radius 1 is 1.10 bits per heavy atom. The molecular formula is C23H22ClN5O2. The van der Waals surface area contributed by atoms with Crippen molar-refractivity contribution in [2.24, 2.45) is 4.99 Å². The van der Waals surface area contributed by atoms with E-state index in [0.29, 0.717) is 10.8 Å². The zero-order valence-corrected chi connectivity index (χ0v) is 17.9. The fraction of sp³-hybridized carbons (Fsp3) is 0.304. The molecule has 2 aliphatic heterocycles. The van der Waals surface area contributed by atoms with Gasteiger partial charge >= 0.3 is 0 Å². The van der Waals surface area contributed by atoms with Gasteiger partial charge in [-0.05, 0) is 37.5 Å². The van der Waals surface area contributed by atoms with Crippen molar-refractivity contribution in [1.29, 1.82) is 0 Å². The molecule has 5 rings (SSSR count). The minimum Gasteiger partial charge on any atom is -0.353 e. The summed E-state index contributed by atoms with van der Waals surface area (Å²) >= 11 is 6.34. The molecule has 0 saturated carbocycles. The van der Waals surface area contributed by atoms with Crippen LogP contribution in [-0.4, -0.2) is 51.5 Å². The summed E-state index contributed by atoms with van der Waals surface area (Å²) in [5, 5.41) is 5.19. The van der Waals surface area contributed by atoms with E-state index in [1.54, 1.807) is 17.9 Å². The van der Waals surface area contributed by atoms with E-state index >= 15 is 0 Å². The molecule has 0 bridgehead atoms. The molecule has 2 aliphatic rings. The van der Waals surface area contributed by atoms with Crippen molar-refractivity contribution in [1.82, 2.24) is 19.7 Å². The highest BCUT2D eigenvalue weighted by Gasteiger charge is 2.31. The van der Waals surface area contributed by atoms with Crippen LogP contribution in [0.25, 0.3) is 5.69 Å². The minimum atomic E-state index is -0.711. The van der Waals surface area contributed by atoms with Crippen LogP contribution >= 0.6 is 11.6 Å². The highest BCUT2D eigenvalue weighted by atomic mass is 35.5. The molecule has 3 aromatic rings. The molecule has 1 atom stereocenters. The minimum absolute atomic E-state index is 0.155. The van der Waals surface area contributed by atoms with E-state index in [-0.39, 0.29) is 11.7 Å². The highest BCUT2D eigenvalue weighted by Crippen LogP contribution is 2.31. The summed E-state index contributed by atoms with van der Waals surface area (Å²) in [5.74, 6) is 0.480. The lowest BCUT2D eigenvalue weighted by atomic mass is 10.0. The molecule has 0 aliphatic carbocycles. The highest BCUT2D eigenvalue weighted by molar-refractivity contribution is 6.31. The Labute approximate surface area is 185 Å². The molecule has 31 heavy (non-hydrogen) atoms. The summed E-state index contributed by atoms with van der Waals surface area (Å²) in [4.78, 5) is 24.3. The number of aliphatic imine (C=N–C) groups is 1. The van der Waals surface area contributed by atoms with Gasteiger partial charge in [-0.25, -0.2) is 14.7 Å². The first kappa shape index (κ1) is 19.9. The maximum Gasteiger partial charge on any atom is 0.293 e. The number of benzene rings is 2. The molecule has 2 aromatic carbocycles. The van der Waals surface area contributed by atoms with Gasteiger partial charge in [0, 0.05) is 36.3 Å². The van der Waals surface area contributed by atoms with Crippen molar-refractivity contribution in [3.8, 4) is 5.69 Å². The number of hydrogen-bond donors (Lipinski definition) is 0. The lowest BCUT2D eigenvalue weighted by molar-refractivity contribution is 0.0711. The number of nitrogens with zero attached hydrogens (tertiary/aromatic N) is 5. The van der Waals surface area contributed by atoms with Crippen LogP contribution in [0, 0.1) is 0 Å². The van der Waals surface area contributed by atoms with E-state index in [0.717, 1.165) is 54.9 Å². The third-order valence-electron chi connectivity index (χ3n) is 5.65. The van der Waals surface area contributed by atoms with Gasteiger partial charge < -0.3 is 9.64 Å². The van der Waals surface area contributed by atoms with E-state index < -0.39 is 6.23 Å². The van der Waals surface area contributed by atoms with Crippen molar-refractivity contribution in [2.75, 3.05) is 20.2 Å². The van der Waals surface area contributed by atoms with Crippen LogP contribution in [0.3, 0.4) is 0 Å². The van der Waals surface area contributed by atoms with Gasteiger partial charge in [0.1, 0.15) is 0 Å². The maximum absolute atomic E-state index is 13.0. The van der Waals surface area contributed by atoms with Crippen LogP contribution in [0.4, 0.5) is 0 Å². The van der Waals surface area contributed by atoms with Gasteiger partial charge in [0.05, 0.1) is 11.4 Å². The number of likely N-dealkylation sites (tertiary alicyclic amines) is 1. The van der Waals surface area contributed by atoms with Crippen molar-refractivity contribution < 1.29 is 9.53 Å². The molecule has 7 nitrogen and oxygen atoms in total. The first-order valence-corrected chi connectivity index (χ1v) is 10.8. The van der Waals surface area contributed by atoms with Gasteiger partial charge in [-0.3, -0.25) is 4.79 Å². The summed E-state index contributed by atoms with van der Waals surface area (Å²) in [5.41, 5.74) is 3.23. The average Bonchev–Trinajstić information content (AvgIpc) is 3.20. The molecule has 1 fully saturated rings. The summed E-state index contributed by atoms with van der Waals surface area (Å²) in [6.45, 7) is 1.47. The van der Waals surface area contributed by atoms with Gasteiger partial charge in [0.2, 0.25) is 12.1 Å². The lowest BCUT2D eigenvalue weighted by Crippen LogP contribution is -2.36. The summed E-state index contributed by atoms with van der Waals surface area (Å²) in [6.07, 6.45) is 2.45. The van der Waals surface area contributed by atoms with Crippen molar-refractivity contribution >= 4 is 23.2 Å². The van der Waals surface area contributed by atoms with Crippen molar-refractivity contribution in [2.45, 2.75) is 25.5 Å². The Morgan fingerprint density at radius 2 is 1.87 bits per heavy atom. The second-order valence-electron chi connectivity index (χ2n) is 7.65. The maximum atomic E-state index is 13.0. The van der Waals surface area contributed by atoms with E-state index in [2.05, 4.69) is 10.1 Å². The largest absolute Gasteiger partial charge is 0.353 e. The number of carbonyl (C=O) groups is 1. The van der Waals surface area contributed by atoms with Crippen LogP contribution in [-0.2, 0) is 4.74 Å². The lowest BCUT2D eigenvalue weighted by Gasteiger charge is -2.25. The molecule has 1 unspecified atom stereocenters. The van der Waals surface area contributed by atoms with Gasteiger partial charge in [0.15, 0.2) is 5.82 Å². The quantitative estimate of drug-likeness (QED) is 0.622.